The second kappa shape index (κ2) is 44.9. The van der Waals surface area contributed by atoms with Crippen LogP contribution in [-0.4, -0.2) is 76.1 Å². The van der Waals surface area contributed by atoms with E-state index in [4.69, 9.17) is 15.4 Å². The quantitative estimate of drug-likeness (QED) is 0.0262. The number of amides is 2. The van der Waals surface area contributed by atoms with Crippen molar-refractivity contribution in [2.24, 2.45) is 5.14 Å². The minimum atomic E-state index is -0.440. The molecule has 334 valence electrons. The number of non-ortho nitro benzene ring substituents is 1. The summed E-state index contributed by atoms with van der Waals surface area (Å²) in [6, 6.07) is 6.08. The van der Waals surface area contributed by atoms with Gasteiger partial charge in [0, 0.05) is 69.3 Å². The van der Waals surface area contributed by atoms with Crippen molar-refractivity contribution in [2.75, 3.05) is 39.4 Å². The number of nitrogens with two attached hydrogens (primary N) is 1. The van der Waals surface area contributed by atoms with E-state index in [1.807, 2.05) is 0 Å². The molecule has 0 bridgehead atoms. The third-order valence-corrected chi connectivity index (χ3v) is 10.7. The number of nitrogens with zero attached hydrogens (tertiary/aromatic N) is 3. The van der Waals surface area contributed by atoms with E-state index in [2.05, 4.69) is 37.5 Å². The van der Waals surface area contributed by atoms with Gasteiger partial charge in [-0.15, -0.1) is 0 Å². The number of hydrogen-bond donors (Lipinski definition) is 3. The van der Waals surface area contributed by atoms with Gasteiger partial charge in [-0.05, 0) is 62.6 Å². The molecule has 0 saturated heterocycles. The summed E-state index contributed by atoms with van der Waals surface area (Å²) in [6.45, 7) is 12.8. The van der Waals surface area contributed by atoms with E-state index in [0.717, 1.165) is 68.7 Å². The van der Waals surface area contributed by atoms with Crippen molar-refractivity contribution < 1.29 is 24.7 Å². The largest absolute Gasteiger partial charge is 0.396 e. The smallest absolute Gasteiger partial charge is 0.269 e. The monoisotopic (exact) mass is 825 g/mol. The van der Waals surface area contributed by atoms with Gasteiger partial charge < -0.3 is 20.0 Å². The summed E-state index contributed by atoms with van der Waals surface area (Å²) in [5, 5.41) is 33.2. The van der Waals surface area contributed by atoms with Crippen LogP contribution in [0.4, 0.5) is 5.69 Å². The lowest BCUT2D eigenvalue weighted by molar-refractivity contribution is -0.384. The lowest BCUT2D eigenvalue weighted by atomic mass is 10.1. The molecule has 0 fully saturated rings. The number of nitro groups is 1. The number of unbranched alkanes of at least 4 members (excludes halogenated alkanes) is 20. The first-order valence-electron chi connectivity index (χ1n) is 23.1. The number of benzene rings is 1. The van der Waals surface area contributed by atoms with Crippen molar-refractivity contribution in [1.82, 2.24) is 9.80 Å². The molecule has 0 atom stereocenters. The standard InChI is InChI=1S/2C20H41NO2.C6H6N2O2S/c2*1-3-5-7-9-11-13-17-21(20(23)16-15-19-22)18-14-12-10-8-6-4-2;7-11-6-3-1-5(2-4-6)8(9)10/h2*22H,3-19H2,1-2H3;1-4H,7H2. The Balaban J connectivity index is 0. The van der Waals surface area contributed by atoms with Crippen LogP contribution in [0.3, 0.4) is 0 Å². The molecule has 11 heteroatoms. The minimum Gasteiger partial charge on any atom is -0.396 e. The summed E-state index contributed by atoms with van der Waals surface area (Å²) < 4.78 is 0. The highest BCUT2D eigenvalue weighted by atomic mass is 32.2. The summed E-state index contributed by atoms with van der Waals surface area (Å²) in [7, 11) is 0. The number of carbonyl (C=O) groups excluding carboxylic acids is 2. The van der Waals surface area contributed by atoms with Crippen LogP contribution >= 0.6 is 11.9 Å². The van der Waals surface area contributed by atoms with E-state index in [1.165, 1.54) is 141 Å². The van der Waals surface area contributed by atoms with Crippen LogP contribution in [0.2, 0.25) is 0 Å². The summed E-state index contributed by atoms with van der Waals surface area (Å²) >= 11 is 1.07. The zero-order chi connectivity index (χ0) is 42.6. The Morgan fingerprint density at radius 2 is 0.807 bits per heavy atom. The van der Waals surface area contributed by atoms with Gasteiger partial charge in [-0.3, -0.25) is 24.8 Å². The average molecular weight is 825 g/mol. The lowest BCUT2D eigenvalue weighted by Crippen LogP contribution is -2.33. The summed E-state index contributed by atoms with van der Waals surface area (Å²) in [6.07, 6.45) is 32.6. The molecule has 0 radical (unpaired) electrons. The lowest BCUT2D eigenvalue weighted by Gasteiger charge is -2.23. The fraction of sp³-hybridized carbons (Fsp3) is 0.826. The fourth-order valence-corrected chi connectivity index (χ4v) is 6.77. The molecule has 0 aromatic heterocycles. The van der Waals surface area contributed by atoms with Crippen LogP contribution < -0.4 is 5.14 Å². The van der Waals surface area contributed by atoms with Gasteiger partial charge in [0.15, 0.2) is 0 Å². The molecular weight excluding hydrogens is 737 g/mol. The van der Waals surface area contributed by atoms with Gasteiger partial charge in [0.2, 0.25) is 11.8 Å². The van der Waals surface area contributed by atoms with E-state index >= 15 is 0 Å². The van der Waals surface area contributed by atoms with Crippen molar-refractivity contribution in [3.63, 3.8) is 0 Å². The maximum absolute atomic E-state index is 12.2. The summed E-state index contributed by atoms with van der Waals surface area (Å²) in [5.74, 6) is 0.474. The van der Waals surface area contributed by atoms with Crippen LogP contribution in [0.1, 0.15) is 207 Å². The Kier molecular flexibility index (Phi) is 44.8. The predicted molar refractivity (Wildman–Crippen MR) is 242 cm³/mol. The molecule has 0 aliphatic heterocycles. The first-order chi connectivity index (χ1) is 27.7. The molecule has 1 aromatic rings. The molecule has 2 amide bonds. The van der Waals surface area contributed by atoms with E-state index in [9.17, 15) is 19.7 Å². The molecule has 4 N–H and O–H groups in total. The van der Waals surface area contributed by atoms with E-state index in [-0.39, 0.29) is 30.7 Å². The number of hydrogen-bond acceptors (Lipinski definition) is 8. The molecule has 1 rings (SSSR count). The van der Waals surface area contributed by atoms with Crippen LogP contribution in [0.5, 0.6) is 0 Å². The summed E-state index contributed by atoms with van der Waals surface area (Å²) in [5.41, 5.74) is 0.0859. The SMILES string of the molecule is CCCCCCCCN(CCCCCCCC)C(=O)CCCO.CCCCCCCCN(CCCCCCCC)C(=O)CCCO.NSc1ccc([N+](=O)[O-])cc1. The van der Waals surface area contributed by atoms with Gasteiger partial charge in [-0.25, -0.2) is 0 Å². The maximum atomic E-state index is 12.2. The third-order valence-electron chi connectivity index (χ3n) is 10.1. The molecule has 0 heterocycles. The van der Waals surface area contributed by atoms with Crippen LogP contribution in [0, 0.1) is 10.1 Å². The Labute approximate surface area is 354 Å². The molecule has 0 saturated carbocycles. The second-order valence-corrected chi connectivity index (χ2v) is 16.1. The van der Waals surface area contributed by atoms with Crippen molar-refractivity contribution in [3.05, 3.63) is 34.4 Å². The van der Waals surface area contributed by atoms with E-state index < -0.39 is 4.92 Å². The normalized spacial score (nSPS) is 10.6. The molecule has 0 unspecified atom stereocenters. The van der Waals surface area contributed by atoms with Gasteiger partial charge in [-0.1, -0.05) is 156 Å². The fourth-order valence-electron chi connectivity index (χ4n) is 6.48. The zero-order valence-electron chi connectivity index (χ0n) is 37.2. The van der Waals surface area contributed by atoms with Gasteiger partial charge >= 0.3 is 0 Å². The third kappa shape index (κ3) is 37.8. The van der Waals surface area contributed by atoms with E-state index in [0.29, 0.717) is 25.7 Å². The maximum Gasteiger partial charge on any atom is 0.269 e. The molecule has 10 nitrogen and oxygen atoms in total. The van der Waals surface area contributed by atoms with Gasteiger partial charge in [0.05, 0.1) is 4.92 Å². The predicted octanol–water partition coefficient (Wildman–Crippen LogP) is 12.2. The molecule has 1 aromatic carbocycles. The Bertz CT molecular complexity index is 949. The first kappa shape index (κ1) is 56.9. The van der Waals surface area contributed by atoms with Crippen molar-refractivity contribution in [1.29, 1.82) is 0 Å². The number of rotatable bonds is 36. The highest BCUT2D eigenvalue weighted by Crippen LogP contribution is 2.17. The van der Waals surface area contributed by atoms with Gasteiger partial charge in [0.1, 0.15) is 0 Å². The number of aliphatic hydroxyl groups is 2. The van der Waals surface area contributed by atoms with Crippen LogP contribution in [-0.2, 0) is 9.59 Å². The zero-order valence-corrected chi connectivity index (χ0v) is 38.0. The topological polar surface area (TPSA) is 150 Å². The minimum absolute atomic E-state index is 0.0859. The molecular formula is C46H88N4O6S. The number of carbonyl (C=O) groups is 2. The van der Waals surface area contributed by atoms with Crippen LogP contribution in [0.25, 0.3) is 0 Å². The van der Waals surface area contributed by atoms with Gasteiger partial charge in [0.25, 0.3) is 5.69 Å². The number of nitro benzene ring substituents is 1. The van der Waals surface area contributed by atoms with Gasteiger partial charge in [-0.2, -0.15) is 0 Å². The average Bonchev–Trinajstić information content (AvgIpc) is 3.22. The summed E-state index contributed by atoms with van der Waals surface area (Å²) in [4.78, 5) is 39.1. The molecule has 0 spiro atoms. The second-order valence-electron chi connectivity index (χ2n) is 15.4. The van der Waals surface area contributed by atoms with Crippen molar-refractivity contribution in [3.8, 4) is 0 Å². The van der Waals surface area contributed by atoms with Crippen molar-refractivity contribution >= 4 is 29.4 Å². The van der Waals surface area contributed by atoms with Crippen LogP contribution in [0.15, 0.2) is 29.2 Å². The highest BCUT2D eigenvalue weighted by molar-refractivity contribution is 7.97. The van der Waals surface area contributed by atoms with E-state index in [1.54, 1.807) is 12.1 Å². The number of aliphatic hydroxyl groups excluding tert-OH is 2. The Morgan fingerprint density at radius 1 is 0.526 bits per heavy atom. The van der Waals surface area contributed by atoms with Crippen molar-refractivity contribution in [2.45, 2.75) is 212 Å². The Morgan fingerprint density at radius 3 is 1.05 bits per heavy atom. The molecule has 57 heavy (non-hydrogen) atoms. The highest BCUT2D eigenvalue weighted by Gasteiger charge is 2.13. The molecule has 0 aliphatic carbocycles. The Hall–Kier alpha value is -2.21. The molecule has 0 aliphatic rings. The first-order valence-corrected chi connectivity index (χ1v) is 24.0.